The lowest BCUT2D eigenvalue weighted by molar-refractivity contribution is -0.193. The molecule has 0 aliphatic heterocycles. The molecular weight excluding hydrogens is 550 g/mol. The molecule has 0 saturated carbocycles. The monoisotopic (exact) mass is 572 g/mol. The zero-order chi connectivity index (χ0) is 29.8. The van der Waals surface area contributed by atoms with Crippen LogP contribution in [-0.4, -0.2) is 56.0 Å². The fourth-order valence-corrected chi connectivity index (χ4v) is 2.80. The van der Waals surface area contributed by atoms with Gasteiger partial charge in [0.05, 0.1) is 17.4 Å². The zero-order valence-electron chi connectivity index (χ0n) is 20.3. The fraction of sp³-hybridized carbons (Fsp3) is 0.200. The number of alkyl halides is 6. The lowest BCUT2D eigenvalue weighted by atomic mass is 10.2. The van der Waals surface area contributed by atoms with Crippen LogP contribution in [0.1, 0.15) is 11.1 Å². The van der Waals surface area contributed by atoms with Crippen molar-refractivity contribution in [3.63, 3.8) is 0 Å². The number of nitrogens with one attached hydrogen (secondary N) is 2. The average molecular weight is 572 g/mol. The summed E-state index contributed by atoms with van der Waals surface area (Å²) in [5.41, 5.74) is 4.38. The van der Waals surface area contributed by atoms with E-state index in [2.05, 4.69) is 38.5 Å². The second-order valence-corrected chi connectivity index (χ2v) is 7.72. The van der Waals surface area contributed by atoms with Crippen molar-refractivity contribution in [1.82, 2.24) is 20.3 Å². The van der Waals surface area contributed by atoms with E-state index in [1.54, 1.807) is 12.5 Å². The predicted octanol–water partition coefficient (Wildman–Crippen LogP) is 5.35. The summed E-state index contributed by atoms with van der Waals surface area (Å²) in [4.78, 5) is 29.3. The fourth-order valence-electron chi connectivity index (χ4n) is 2.80. The van der Waals surface area contributed by atoms with Crippen LogP contribution in [0.15, 0.2) is 73.3 Å². The molecule has 2 aromatic heterocycles. The van der Waals surface area contributed by atoms with E-state index in [1.807, 2.05) is 42.6 Å². The molecule has 0 aliphatic rings. The van der Waals surface area contributed by atoms with Gasteiger partial charge in [-0.15, -0.1) is 0 Å². The van der Waals surface area contributed by atoms with Gasteiger partial charge in [-0.25, -0.2) is 14.6 Å². The van der Waals surface area contributed by atoms with Gasteiger partial charge in [0.1, 0.15) is 11.5 Å². The third kappa shape index (κ3) is 11.4. The number of halogens is 6. The van der Waals surface area contributed by atoms with E-state index in [1.165, 1.54) is 11.1 Å². The van der Waals surface area contributed by atoms with Gasteiger partial charge in [0.15, 0.2) is 0 Å². The predicted molar refractivity (Wildman–Crippen MR) is 130 cm³/mol. The molecule has 0 aliphatic carbocycles. The molecule has 4 N–H and O–H groups in total. The van der Waals surface area contributed by atoms with Crippen molar-refractivity contribution in [1.29, 1.82) is 0 Å². The normalized spacial score (nSPS) is 11.1. The Kier molecular flexibility index (Phi) is 11.4. The third-order valence-electron chi connectivity index (χ3n) is 4.68. The minimum absolute atomic E-state index is 0.784. The van der Waals surface area contributed by atoms with Gasteiger partial charge in [-0.2, -0.15) is 26.3 Å². The first-order valence-electron chi connectivity index (χ1n) is 11.2. The summed E-state index contributed by atoms with van der Waals surface area (Å²) >= 11 is 0. The first-order chi connectivity index (χ1) is 18.8. The minimum Gasteiger partial charge on any atom is -0.475 e. The molecule has 2 aromatic carbocycles. The van der Waals surface area contributed by atoms with Crippen molar-refractivity contribution in [2.75, 3.05) is 6.54 Å². The van der Waals surface area contributed by atoms with Crippen molar-refractivity contribution >= 4 is 23.0 Å². The van der Waals surface area contributed by atoms with Crippen LogP contribution in [0.2, 0.25) is 0 Å². The summed E-state index contributed by atoms with van der Waals surface area (Å²) in [6.45, 7) is 1.76. The number of aromatic nitrogens is 3. The van der Waals surface area contributed by atoms with Crippen molar-refractivity contribution in [2.45, 2.75) is 25.3 Å². The molecule has 2 heterocycles. The van der Waals surface area contributed by atoms with Crippen molar-refractivity contribution in [3.8, 4) is 11.5 Å². The number of fused-ring (bicyclic) bond motifs is 1. The molecule has 15 heteroatoms. The highest BCUT2D eigenvalue weighted by atomic mass is 19.4. The second kappa shape index (κ2) is 14.5. The summed E-state index contributed by atoms with van der Waals surface area (Å²) in [6, 6.07) is 18.1. The van der Waals surface area contributed by atoms with Crippen LogP contribution in [0.4, 0.5) is 26.3 Å². The Labute approximate surface area is 222 Å². The molecular formula is C25H22F6N4O5. The summed E-state index contributed by atoms with van der Waals surface area (Å²) in [5.74, 6) is -3.91. The van der Waals surface area contributed by atoms with Crippen LogP contribution in [0.25, 0.3) is 11.0 Å². The molecule has 0 bridgehead atoms. The van der Waals surface area contributed by atoms with E-state index in [-0.39, 0.29) is 0 Å². The quantitative estimate of drug-likeness (QED) is 0.172. The topological polar surface area (TPSA) is 137 Å². The highest BCUT2D eigenvalue weighted by molar-refractivity contribution is 5.76. The Bertz CT molecular complexity index is 1340. The number of H-pyrrole nitrogens is 1. The zero-order valence-corrected chi connectivity index (χ0v) is 20.3. The highest BCUT2D eigenvalue weighted by Crippen LogP contribution is 2.24. The Morgan fingerprint density at radius 3 is 2.02 bits per heavy atom. The van der Waals surface area contributed by atoms with Crippen molar-refractivity contribution in [2.24, 2.45) is 0 Å². The number of ether oxygens (including phenoxy) is 1. The van der Waals surface area contributed by atoms with Crippen LogP contribution < -0.4 is 10.1 Å². The summed E-state index contributed by atoms with van der Waals surface area (Å²) in [7, 11) is 0. The minimum atomic E-state index is -5.08. The number of hydrogen-bond donors (Lipinski definition) is 4. The Balaban J connectivity index is 0.000000333. The molecule has 0 saturated heterocycles. The molecule has 9 nitrogen and oxygen atoms in total. The molecule has 0 spiro atoms. The Morgan fingerprint density at radius 1 is 0.875 bits per heavy atom. The average Bonchev–Trinajstić information content (AvgIpc) is 3.36. The van der Waals surface area contributed by atoms with E-state index in [4.69, 9.17) is 24.5 Å². The van der Waals surface area contributed by atoms with Crippen LogP contribution in [0.3, 0.4) is 0 Å². The number of carbonyl (C=O) groups is 2. The molecule has 4 aromatic rings. The van der Waals surface area contributed by atoms with E-state index in [9.17, 15) is 26.3 Å². The number of carboxylic acid groups (broad SMARTS) is 2. The second-order valence-electron chi connectivity index (χ2n) is 7.72. The number of carboxylic acids is 2. The maximum absolute atomic E-state index is 10.6. The number of hydrogen-bond acceptors (Lipinski definition) is 6. The number of nitrogens with zero attached hydrogens (tertiary/aromatic N) is 2. The van der Waals surface area contributed by atoms with Gasteiger partial charge in [0, 0.05) is 25.0 Å². The first kappa shape index (κ1) is 31.6. The number of benzene rings is 2. The number of aromatic amines is 1. The Hall–Kier alpha value is -4.66. The molecule has 0 fully saturated rings. The van der Waals surface area contributed by atoms with Crippen LogP contribution in [0.5, 0.6) is 11.5 Å². The highest BCUT2D eigenvalue weighted by Gasteiger charge is 2.38. The smallest absolute Gasteiger partial charge is 0.475 e. The SMILES string of the molecule is O=C(O)C(F)(F)F.O=C(O)C(F)(F)F.c1cncc(CCNCc2ccc(Oc3ccc4[nH]cnc4c3)cc2)c1. The number of aliphatic carboxylic acids is 2. The van der Waals surface area contributed by atoms with Crippen LogP contribution >= 0.6 is 0 Å². The van der Waals surface area contributed by atoms with E-state index in [0.29, 0.717) is 0 Å². The van der Waals surface area contributed by atoms with Crippen molar-refractivity contribution in [3.05, 3.63) is 84.4 Å². The third-order valence-corrected chi connectivity index (χ3v) is 4.68. The summed E-state index contributed by atoms with van der Waals surface area (Å²) in [6.07, 6.45) is -3.79. The molecule has 0 radical (unpaired) electrons. The van der Waals surface area contributed by atoms with Gasteiger partial charge in [0.25, 0.3) is 0 Å². The molecule has 0 amide bonds. The molecule has 214 valence electrons. The van der Waals surface area contributed by atoms with Gasteiger partial charge >= 0.3 is 24.3 Å². The van der Waals surface area contributed by atoms with Crippen molar-refractivity contribution < 1.29 is 50.9 Å². The largest absolute Gasteiger partial charge is 0.490 e. The lowest BCUT2D eigenvalue weighted by Crippen LogP contribution is -2.21. The molecule has 0 atom stereocenters. The number of imidazole rings is 1. The van der Waals surface area contributed by atoms with Crippen LogP contribution in [0, 0.1) is 0 Å². The number of rotatable bonds is 7. The maximum Gasteiger partial charge on any atom is 0.490 e. The van der Waals surface area contributed by atoms with Gasteiger partial charge in [0.2, 0.25) is 0 Å². The standard InChI is InChI=1S/C21H20N4O.2C2HF3O2/c1-2-16(13-22-10-1)9-11-23-14-17-3-5-18(6-4-17)26-19-7-8-20-21(12-19)25-15-24-20;2*3-2(4,5)1(6)7/h1-8,10,12-13,15,23H,9,11,14H2,(H,24,25);2*(H,6,7). The molecule has 40 heavy (non-hydrogen) atoms. The summed E-state index contributed by atoms with van der Waals surface area (Å²) < 4.78 is 69.4. The van der Waals surface area contributed by atoms with Crippen LogP contribution in [-0.2, 0) is 22.6 Å². The van der Waals surface area contributed by atoms with Gasteiger partial charge in [-0.1, -0.05) is 18.2 Å². The number of pyridine rings is 1. The molecule has 0 unspecified atom stereocenters. The first-order valence-corrected chi connectivity index (χ1v) is 11.2. The van der Waals surface area contributed by atoms with Gasteiger partial charge in [-0.05, 0) is 54.4 Å². The lowest BCUT2D eigenvalue weighted by Gasteiger charge is -2.08. The summed E-state index contributed by atoms with van der Waals surface area (Å²) in [5, 5.41) is 17.7. The Morgan fingerprint density at radius 2 is 1.48 bits per heavy atom. The van der Waals surface area contributed by atoms with Gasteiger partial charge < -0.3 is 25.3 Å². The van der Waals surface area contributed by atoms with E-state index < -0.39 is 24.3 Å². The van der Waals surface area contributed by atoms with E-state index >= 15 is 0 Å². The van der Waals surface area contributed by atoms with Gasteiger partial charge in [-0.3, -0.25) is 4.98 Å². The maximum atomic E-state index is 10.6. The molecule has 4 rings (SSSR count). The van der Waals surface area contributed by atoms with E-state index in [0.717, 1.165) is 42.0 Å².